The first-order valence-electron chi connectivity index (χ1n) is 8.69. The molecule has 1 aromatic heterocycles. The van der Waals surface area contributed by atoms with Crippen LogP contribution in [0.2, 0.25) is 0 Å². The molecular formula is C20H23N3O3S. The van der Waals surface area contributed by atoms with E-state index in [1.165, 1.54) is 6.21 Å². The molecule has 2 aromatic rings. The Hall–Kier alpha value is -2.93. The molecule has 27 heavy (non-hydrogen) atoms. The van der Waals surface area contributed by atoms with Gasteiger partial charge >= 0.3 is 5.97 Å². The second-order valence-corrected chi connectivity index (χ2v) is 6.05. The Morgan fingerprint density at radius 1 is 1.30 bits per heavy atom. The number of unbranched alkanes of at least 4 members (excludes halogenated alkanes) is 1. The number of hydrogen-bond donors (Lipinski definition) is 2. The Morgan fingerprint density at radius 3 is 2.78 bits per heavy atom. The number of benzene rings is 1. The van der Waals surface area contributed by atoms with Gasteiger partial charge in [-0.15, -0.1) is 6.58 Å². The van der Waals surface area contributed by atoms with Gasteiger partial charge in [0.25, 0.3) is 0 Å². The number of thiocarbonyl (C=S) groups is 1. The zero-order valence-electron chi connectivity index (χ0n) is 15.2. The summed E-state index contributed by atoms with van der Waals surface area (Å²) in [5, 5.41) is 7.31. The number of nitrogens with zero attached hydrogens (tertiary/aromatic N) is 1. The van der Waals surface area contributed by atoms with Crippen LogP contribution in [0.25, 0.3) is 11.3 Å². The fourth-order valence-corrected chi connectivity index (χ4v) is 2.24. The standard InChI is InChI=1S/C20H23N3O3S/c1-3-5-13-25-19(24)16-8-6-15(7-9-16)18-11-10-17(26-18)14-22-23-20(27)21-12-4-2/h4,6-11,14H,2-3,5,12-13H2,1H3,(H2,21,23,27)/b22-14+. The number of esters is 1. The van der Waals surface area contributed by atoms with Gasteiger partial charge < -0.3 is 14.5 Å². The van der Waals surface area contributed by atoms with E-state index in [2.05, 4.69) is 29.3 Å². The van der Waals surface area contributed by atoms with Gasteiger partial charge in [-0.25, -0.2) is 4.79 Å². The van der Waals surface area contributed by atoms with E-state index >= 15 is 0 Å². The monoisotopic (exact) mass is 385 g/mol. The zero-order valence-corrected chi connectivity index (χ0v) is 16.1. The summed E-state index contributed by atoms with van der Waals surface area (Å²) in [7, 11) is 0. The maximum absolute atomic E-state index is 11.9. The first kappa shape index (κ1) is 20.4. The first-order valence-corrected chi connectivity index (χ1v) is 9.10. The number of carbonyl (C=O) groups excluding carboxylic acids is 1. The molecule has 0 saturated carbocycles. The Bertz CT molecular complexity index is 797. The Morgan fingerprint density at radius 2 is 2.07 bits per heavy atom. The van der Waals surface area contributed by atoms with Crippen molar-refractivity contribution < 1.29 is 13.9 Å². The molecule has 0 amide bonds. The predicted molar refractivity (Wildman–Crippen MR) is 111 cm³/mol. The van der Waals surface area contributed by atoms with Gasteiger partial charge in [0.05, 0.1) is 18.4 Å². The van der Waals surface area contributed by atoms with Crippen molar-refractivity contribution in [2.75, 3.05) is 13.2 Å². The molecule has 1 aromatic carbocycles. The summed E-state index contributed by atoms with van der Waals surface area (Å²) < 4.78 is 10.9. The van der Waals surface area contributed by atoms with Gasteiger partial charge in [0.15, 0.2) is 5.11 Å². The molecule has 0 aliphatic heterocycles. The van der Waals surface area contributed by atoms with Crippen LogP contribution in [-0.4, -0.2) is 30.4 Å². The molecule has 0 unspecified atom stereocenters. The zero-order chi connectivity index (χ0) is 19.5. The summed E-state index contributed by atoms with van der Waals surface area (Å²) in [5.41, 5.74) is 4.06. The quantitative estimate of drug-likeness (QED) is 0.170. The topological polar surface area (TPSA) is 75.9 Å². The van der Waals surface area contributed by atoms with E-state index in [1.807, 2.05) is 18.2 Å². The molecule has 1 heterocycles. The molecule has 0 bridgehead atoms. The molecule has 6 nitrogen and oxygen atoms in total. The molecule has 0 radical (unpaired) electrons. The van der Waals surface area contributed by atoms with Gasteiger partial charge in [0, 0.05) is 12.1 Å². The molecule has 0 fully saturated rings. The maximum atomic E-state index is 11.9. The third-order valence-corrected chi connectivity index (χ3v) is 3.76. The summed E-state index contributed by atoms with van der Waals surface area (Å²) >= 11 is 5.03. The lowest BCUT2D eigenvalue weighted by Gasteiger charge is -2.04. The van der Waals surface area contributed by atoms with Crippen LogP contribution in [0.15, 0.2) is 58.6 Å². The molecule has 7 heteroatoms. The first-order chi connectivity index (χ1) is 13.1. The van der Waals surface area contributed by atoms with Crippen molar-refractivity contribution in [3.63, 3.8) is 0 Å². The summed E-state index contributed by atoms with van der Waals surface area (Å²) in [4.78, 5) is 11.9. The summed E-state index contributed by atoms with van der Waals surface area (Å²) in [6.07, 6.45) is 5.09. The van der Waals surface area contributed by atoms with Crippen LogP contribution in [0, 0.1) is 0 Å². The van der Waals surface area contributed by atoms with Crippen LogP contribution in [0.4, 0.5) is 0 Å². The van der Waals surface area contributed by atoms with Crippen molar-refractivity contribution in [1.29, 1.82) is 0 Å². The van der Waals surface area contributed by atoms with Gasteiger partial charge in [-0.2, -0.15) is 5.10 Å². The fourth-order valence-electron chi connectivity index (χ4n) is 2.10. The molecule has 0 atom stereocenters. The molecule has 2 N–H and O–H groups in total. The van der Waals surface area contributed by atoms with Crippen LogP contribution in [0.3, 0.4) is 0 Å². The van der Waals surface area contributed by atoms with E-state index in [9.17, 15) is 4.79 Å². The third-order valence-electron chi connectivity index (χ3n) is 3.53. The van der Waals surface area contributed by atoms with Crippen LogP contribution >= 0.6 is 12.2 Å². The number of rotatable bonds is 9. The van der Waals surface area contributed by atoms with E-state index in [-0.39, 0.29) is 5.97 Å². The summed E-state index contributed by atoms with van der Waals surface area (Å²) in [6.45, 7) is 6.65. The van der Waals surface area contributed by atoms with E-state index in [0.717, 1.165) is 18.4 Å². The molecule has 142 valence electrons. The lowest BCUT2D eigenvalue weighted by molar-refractivity contribution is 0.0500. The minimum absolute atomic E-state index is 0.311. The second-order valence-electron chi connectivity index (χ2n) is 5.64. The highest BCUT2D eigenvalue weighted by molar-refractivity contribution is 7.80. The summed E-state index contributed by atoms with van der Waals surface area (Å²) in [5.74, 6) is 0.941. The molecule has 0 spiro atoms. The van der Waals surface area contributed by atoms with Crippen LogP contribution in [-0.2, 0) is 4.74 Å². The van der Waals surface area contributed by atoms with E-state index in [4.69, 9.17) is 21.4 Å². The molecule has 0 aliphatic carbocycles. The summed E-state index contributed by atoms with van der Waals surface area (Å²) in [6, 6.07) is 10.7. The molecular weight excluding hydrogens is 362 g/mol. The fraction of sp³-hybridized carbons (Fsp3) is 0.250. The highest BCUT2D eigenvalue weighted by atomic mass is 32.1. The van der Waals surface area contributed by atoms with Crippen molar-refractivity contribution in [2.45, 2.75) is 19.8 Å². The Kier molecular flexibility index (Phi) is 8.25. The van der Waals surface area contributed by atoms with Crippen LogP contribution in [0.1, 0.15) is 35.9 Å². The molecule has 0 saturated heterocycles. The van der Waals surface area contributed by atoms with E-state index in [0.29, 0.717) is 35.3 Å². The van der Waals surface area contributed by atoms with Crippen molar-refractivity contribution in [1.82, 2.24) is 10.7 Å². The van der Waals surface area contributed by atoms with Crippen molar-refractivity contribution in [2.24, 2.45) is 5.10 Å². The van der Waals surface area contributed by atoms with Crippen LogP contribution in [0.5, 0.6) is 0 Å². The number of nitrogens with one attached hydrogen (secondary N) is 2. The predicted octanol–water partition coefficient (Wildman–Crippen LogP) is 3.89. The minimum atomic E-state index is -0.311. The van der Waals surface area contributed by atoms with Crippen LogP contribution < -0.4 is 10.7 Å². The average Bonchev–Trinajstić information content (AvgIpc) is 3.15. The number of furan rings is 1. The number of hydrogen-bond acceptors (Lipinski definition) is 5. The minimum Gasteiger partial charge on any atom is -0.462 e. The highest BCUT2D eigenvalue weighted by Gasteiger charge is 2.09. The highest BCUT2D eigenvalue weighted by Crippen LogP contribution is 2.22. The lowest BCUT2D eigenvalue weighted by atomic mass is 10.1. The SMILES string of the molecule is C=CCNC(=S)N/N=C/c1ccc(-c2ccc(C(=O)OCCCC)cc2)o1. The average molecular weight is 385 g/mol. The lowest BCUT2D eigenvalue weighted by Crippen LogP contribution is -2.31. The van der Waals surface area contributed by atoms with Gasteiger partial charge in [-0.1, -0.05) is 31.6 Å². The van der Waals surface area contributed by atoms with Gasteiger partial charge in [-0.05, 0) is 42.9 Å². The number of ether oxygens (including phenoxy) is 1. The van der Waals surface area contributed by atoms with Gasteiger partial charge in [0.2, 0.25) is 0 Å². The molecule has 0 aliphatic rings. The second kappa shape index (κ2) is 10.9. The van der Waals surface area contributed by atoms with E-state index in [1.54, 1.807) is 24.3 Å². The normalized spacial score (nSPS) is 10.6. The van der Waals surface area contributed by atoms with Crippen molar-refractivity contribution >= 4 is 29.5 Å². The molecule has 2 rings (SSSR count). The Labute approximate surface area is 164 Å². The van der Waals surface area contributed by atoms with Crippen molar-refractivity contribution in [3.8, 4) is 11.3 Å². The maximum Gasteiger partial charge on any atom is 0.338 e. The number of hydrazone groups is 1. The van der Waals surface area contributed by atoms with Crippen molar-refractivity contribution in [3.05, 3.63) is 60.4 Å². The smallest absolute Gasteiger partial charge is 0.338 e. The number of carbonyl (C=O) groups is 1. The van der Waals surface area contributed by atoms with Gasteiger partial charge in [0.1, 0.15) is 11.5 Å². The third kappa shape index (κ3) is 6.71. The Balaban J connectivity index is 1.92. The largest absolute Gasteiger partial charge is 0.462 e. The van der Waals surface area contributed by atoms with E-state index < -0.39 is 0 Å². The van der Waals surface area contributed by atoms with Gasteiger partial charge in [-0.3, -0.25) is 5.43 Å².